The van der Waals surface area contributed by atoms with Gasteiger partial charge in [0.05, 0.1) is 10.6 Å². The number of halogens is 2. The minimum absolute atomic E-state index is 0.00600. The standard InChI is InChI=1S/C27H25BrClN5O3/c1-34(22-14-8-5-11-19(22)17-18-9-3-2-4-10-18)16-15-30-27(36)37-26-23(28)24(32-33-26)31-25(35)20-12-6-7-13-21(20)29/h2-14H,15-17H2,1H3,(H,30,36)(H2,31,32,33,35). The third-order valence-corrected chi connectivity index (χ3v) is 6.64. The minimum Gasteiger partial charge on any atom is -0.388 e. The number of hydrogen-bond acceptors (Lipinski definition) is 5. The molecule has 10 heteroatoms. The van der Waals surface area contributed by atoms with E-state index in [-0.39, 0.29) is 11.7 Å². The summed E-state index contributed by atoms with van der Waals surface area (Å²) in [5, 5.41) is 12.3. The van der Waals surface area contributed by atoms with Crippen LogP contribution in [0.4, 0.5) is 16.3 Å². The van der Waals surface area contributed by atoms with Crippen molar-refractivity contribution in [1.29, 1.82) is 0 Å². The fourth-order valence-corrected chi connectivity index (χ4v) is 4.29. The lowest BCUT2D eigenvalue weighted by molar-refractivity contribution is 0.102. The van der Waals surface area contributed by atoms with Crippen LogP contribution < -0.4 is 20.3 Å². The van der Waals surface area contributed by atoms with E-state index in [1.807, 2.05) is 37.4 Å². The number of likely N-dealkylation sites (N-methyl/N-ethyl adjacent to an activating group) is 1. The van der Waals surface area contributed by atoms with E-state index in [0.717, 1.165) is 12.1 Å². The predicted octanol–water partition coefficient (Wildman–Crippen LogP) is 5.89. The topological polar surface area (TPSA) is 99.3 Å². The molecular formula is C27H25BrClN5O3. The van der Waals surface area contributed by atoms with Gasteiger partial charge < -0.3 is 20.3 Å². The zero-order chi connectivity index (χ0) is 26.2. The summed E-state index contributed by atoms with van der Waals surface area (Å²) in [6.07, 6.45) is 0.154. The molecule has 1 aromatic heterocycles. The van der Waals surface area contributed by atoms with Crippen LogP contribution in [-0.4, -0.2) is 42.3 Å². The number of nitrogens with one attached hydrogen (secondary N) is 3. The molecule has 0 aliphatic carbocycles. The van der Waals surface area contributed by atoms with Crippen LogP contribution in [0.3, 0.4) is 0 Å². The summed E-state index contributed by atoms with van der Waals surface area (Å²) in [7, 11) is 1.98. The first kappa shape index (κ1) is 26.2. The molecule has 3 aromatic carbocycles. The van der Waals surface area contributed by atoms with Gasteiger partial charge in [-0.25, -0.2) is 4.79 Å². The van der Waals surface area contributed by atoms with Crippen molar-refractivity contribution in [1.82, 2.24) is 15.5 Å². The van der Waals surface area contributed by atoms with E-state index in [9.17, 15) is 9.59 Å². The van der Waals surface area contributed by atoms with Gasteiger partial charge in [0.25, 0.3) is 11.8 Å². The number of hydrogen-bond donors (Lipinski definition) is 3. The molecule has 0 aliphatic heterocycles. The maximum Gasteiger partial charge on any atom is 0.414 e. The average molecular weight is 583 g/mol. The van der Waals surface area contributed by atoms with E-state index in [4.69, 9.17) is 16.3 Å². The predicted molar refractivity (Wildman–Crippen MR) is 149 cm³/mol. The van der Waals surface area contributed by atoms with Gasteiger partial charge in [-0.15, -0.1) is 5.10 Å². The van der Waals surface area contributed by atoms with Gasteiger partial charge in [-0.05, 0) is 51.7 Å². The fourth-order valence-electron chi connectivity index (χ4n) is 3.71. The summed E-state index contributed by atoms with van der Waals surface area (Å²) in [6.45, 7) is 0.926. The lowest BCUT2D eigenvalue weighted by Crippen LogP contribution is -2.35. The lowest BCUT2D eigenvalue weighted by Gasteiger charge is -2.22. The first-order valence-corrected chi connectivity index (χ1v) is 12.7. The molecule has 1 heterocycles. The molecule has 8 nitrogen and oxygen atoms in total. The monoisotopic (exact) mass is 581 g/mol. The Hall–Kier alpha value is -3.82. The molecule has 0 unspecified atom stereocenters. The second kappa shape index (κ2) is 12.4. The van der Waals surface area contributed by atoms with Gasteiger partial charge in [0.2, 0.25) is 0 Å². The van der Waals surface area contributed by atoms with Crippen LogP contribution >= 0.6 is 27.5 Å². The van der Waals surface area contributed by atoms with E-state index in [1.54, 1.807) is 24.3 Å². The Labute approximate surface area is 228 Å². The number of anilines is 2. The number of benzene rings is 3. The van der Waals surface area contributed by atoms with Crippen molar-refractivity contribution >= 4 is 51.0 Å². The molecule has 0 atom stereocenters. The Morgan fingerprint density at radius 1 is 1.03 bits per heavy atom. The largest absolute Gasteiger partial charge is 0.414 e. The van der Waals surface area contributed by atoms with Crippen LogP contribution in [0, 0.1) is 0 Å². The fraction of sp³-hybridized carbons (Fsp3) is 0.148. The molecule has 0 radical (unpaired) electrons. The maximum atomic E-state index is 12.5. The summed E-state index contributed by atoms with van der Waals surface area (Å²) >= 11 is 9.38. The van der Waals surface area contributed by atoms with E-state index in [1.165, 1.54) is 11.1 Å². The van der Waals surface area contributed by atoms with E-state index < -0.39 is 12.0 Å². The number of nitrogens with zero attached hydrogens (tertiary/aromatic N) is 2. The zero-order valence-corrected chi connectivity index (χ0v) is 22.3. The highest BCUT2D eigenvalue weighted by atomic mass is 79.9. The molecule has 0 aliphatic rings. The molecule has 2 amide bonds. The van der Waals surface area contributed by atoms with Crippen molar-refractivity contribution in [3.63, 3.8) is 0 Å². The summed E-state index contributed by atoms with van der Waals surface area (Å²) in [5.74, 6) is -0.197. The molecular weight excluding hydrogens is 558 g/mol. The van der Waals surface area contributed by atoms with Gasteiger partial charge in [-0.3, -0.25) is 9.89 Å². The Morgan fingerprint density at radius 3 is 2.51 bits per heavy atom. The van der Waals surface area contributed by atoms with Gasteiger partial charge >= 0.3 is 6.09 Å². The van der Waals surface area contributed by atoms with E-state index >= 15 is 0 Å². The quantitative estimate of drug-likeness (QED) is 0.228. The normalized spacial score (nSPS) is 10.6. The van der Waals surface area contributed by atoms with Gasteiger partial charge in [0.15, 0.2) is 0 Å². The molecule has 0 bridgehead atoms. The van der Waals surface area contributed by atoms with Crippen molar-refractivity contribution in [3.8, 4) is 5.88 Å². The first-order chi connectivity index (χ1) is 17.9. The molecule has 4 aromatic rings. The molecule has 0 fully saturated rings. The Balaban J connectivity index is 1.29. The van der Waals surface area contributed by atoms with Crippen molar-refractivity contribution in [3.05, 3.63) is 105 Å². The number of aromatic nitrogens is 2. The van der Waals surface area contributed by atoms with Gasteiger partial charge in [-0.2, -0.15) is 0 Å². The number of H-pyrrole nitrogens is 1. The third kappa shape index (κ3) is 6.90. The van der Waals surface area contributed by atoms with Crippen LogP contribution in [0.2, 0.25) is 5.02 Å². The summed E-state index contributed by atoms with van der Waals surface area (Å²) in [4.78, 5) is 26.9. The highest BCUT2D eigenvalue weighted by Crippen LogP contribution is 2.30. The third-order valence-electron chi connectivity index (χ3n) is 5.58. The van der Waals surface area contributed by atoms with Crippen molar-refractivity contribution < 1.29 is 14.3 Å². The molecule has 0 spiro atoms. The van der Waals surface area contributed by atoms with Crippen molar-refractivity contribution in [2.75, 3.05) is 30.4 Å². The number of para-hydroxylation sites is 1. The summed E-state index contributed by atoms with van der Waals surface area (Å²) in [5.41, 5.74) is 3.83. The van der Waals surface area contributed by atoms with Crippen LogP contribution in [0.1, 0.15) is 21.5 Å². The second-order valence-electron chi connectivity index (χ2n) is 8.18. The summed E-state index contributed by atoms with van der Waals surface area (Å²) in [6, 6.07) is 25.1. The van der Waals surface area contributed by atoms with Gasteiger partial charge in [-0.1, -0.05) is 72.3 Å². The minimum atomic E-state index is -0.665. The van der Waals surface area contributed by atoms with Crippen molar-refractivity contribution in [2.45, 2.75) is 6.42 Å². The number of rotatable bonds is 9. The Kier molecular flexibility index (Phi) is 8.81. The Morgan fingerprint density at radius 2 is 1.73 bits per heavy atom. The van der Waals surface area contributed by atoms with Crippen LogP contribution in [0.5, 0.6) is 5.88 Å². The van der Waals surface area contributed by atoms with Crippen LogP contribution in [-0.2, 0) is 6.42 Å². The number of aromatic amines is 1. The van der Waals surface area contributed by atoms with Gasteiger partial charge in [0.1, 0.15) is 10.3 Å². The average Bonchev–Trinajstić information content (AvgIpc) is 3.23. The summed E-state index contributed by atoms with van der Waals surface area (Å²) < 4.78 is 5.59. The second-order valence-corrected chi connectivity index (χ2v) is 9.38. The highest BCUT2D eigenvalue weighted by molar-refractivity contribution is 9.10. The molecule has 0 saturated carbocycles. The molecule has 190 valence electrons. The van der Waals surface area contributed by atoms with Gasteiger partial charge in [0, 0.05) is 25.8 Å². The highest BCUT2D eigenvalue weighted by Gasteiger charge is 2.19. The SMILES string of the molecule is CN(CCNC(=O)Oc1n[nH]c(NC(=O)c2ccccc2Cl)c1Br)c1ccccc1Cc1ccccc1. The molecule has 4 rings (SSSR count). The lowest BCUT2D eigenvalue weighted by atomic mass is 10.0. The molecule has 3 N–H and O–H groups in total. The van der Waals surface area contributed by atoms with Crippen LogP contribution in [0.25, 0.3) is 0 Å². The molecule has 0 saturated heterocycles. The number of ether oxygens (including phenoxy) is 1. The smallest absolute Gasteiger partial charge is 0.388 e. The molecule has 37 heavy (non-hydrogen) atoms. The zero-order valence-electron chi connectivity index (χ0n) is 20.0. The van der Waals surface area contributed by atoms with Crippen LogP contribution in [0.15, 0.2) is 83.3 Å². The Bertz CT molecular complexity index is 1380. The van der Waals surface area contributed by atoms with E-state index in [2.05, 4.69) is 65.9 Å². The number of carbonyl (C=O) groups is 2. The number of amides is 2. The van der Waals surface area contributed by atoms with E-state index in [0.29, 0.717) is 28.1 Å². The maximum absolute atomic E-state index is 12.5. The first-order valence-electron chi connectivity index (χ1n) is 11.5. The number of carbonyl (C=O) groups excluding carboxylic acids is 2. The van der Waals surface area contributed by atoms with Crippen molar-refractivity contribution in [2.24, 2.45) is 0 Å².